The number of nitrogens with one attached hydrogen (secondary N) is 2. The van der Waals surface area contributed by atoms with Crippen molar-refractivity contribution in [3.8, 4) is 0 Å². The number of pyridine rings is 1. The van der Waals surface area contributed by atoms with Crippen LogP contribution in [0.1, 0.15) is 59.9 Å². The summed E-state index contributed by atoms with van der Waals surface area (Å²) in [7, 11) is 0. The molecule has 3 rings (SSSR count). The molecule has 1 aromatic carbocycles. The minimum absolute atomic E-state index is 0.103. The van der Waals surface area contributed by atoms with E-state index in [0.29, 0.717) is 27.5 Å². The SMILES string of the molecule is Cc1ccc(C(=O)NC2CC2)cc1NC(=O)c1ccc(=S)n(C(C)(C)C)c1. The fraction of sp³-hybridized carbons (Fsp3) is 0.381. The van der Waals surface area contributed by atoms with Gasteiger partial charge in [0.15, 0.2) is 0 Å². The summed E-state index contributed by atoms with van der Waals surface area (Å²) in [6.07, 6.45) is 3.85. The predicted molar refractivity (Wildman–Crippen MR) is 110 cm³/mol. The van der Waals surface area contributed by atoms with Crippen LogP contribution in [0.25, 0.3) is 0 Å². The molecule has 2 aromatic rings. The van der Waals surface area contributed by atoms with E-state index in [9.17, 15) is 9.59 Å². The average molecular weight is 384 g/mol. The van der Waals surface area contributed by atoms with E-state index >= 15 is 0 Å². The summed E-state index contributed by atoms with van der Waals surface area (Å²) in [5.41, 5.74) is 2.38. The van der Waals surface area contributed by atoms with Crippen molar-refractivity contribution in [2.24, 2.45) is 0 Å². The van der Waals surface area contributed by atoms with Crippen molar-refractivity contribution in [3.63, 3.8) is 0 Å². The van der Waals surface area contributed by atoms with E-state index in [2.05, 4.69) is 10.6 Å². The lowest BCUT2D eigenvalue weighted by Gasteiger charge is -2.24. The van der Waals surface area contributed by atoms with Crippen LogP contribution in [-0.2, 0) is 5.54 Å². The van der Waals surface area contributed by atoms with Crippen molar-refractivity contribution in [2.75, 3.05) is 5.32 Å². The molecule has 0 bridgehead atoms. The molecule has 142 valence electrons. The number of carbonyl (C=O) groups is 2. The van der Waals surface area contributed by atoms with Crippen LogP contribution in [0.2, 0.25) is 0 Å². The first-order valence-electron chi connectivity index (χ1n) is 9.11. The molecule has 0 unspecified atom stereocenters. The Kier molecular flexibility index (Phi) is 5.20. The smallest absolute Gasteiger partial charge is 0.257 e. The second-order valence-corrected chi connectivity index (χ2v) is 8.45. The lowest BCUT2D eigenvalue weighted by Crippen LogP contribution is -2.26. The van der Waals surface area contributed by atoms with E-state index in [1.54, 1.807) is 30.5 Å². The Morgan fingerprint density at radius 2 is 1.74 bits per heavy atom. The monoisotopic (exact) mass is 383 g/mol. The normalized spacial score (nSPS) is 13.9. The van der Waals surface area contributed by atoms with Gasteiger partial charge >= 0.3 is 0 Å². The molecule has 1 aliphatic carbocycles. The first-order valence-corrected chi connectivity index (χ1v) is 9.52. The number of nitrogens with zero attached hydrogens (tertiary/aromatic N) is 1. The van der Waals surface area contributed by atoms with Gasteiger partial charge in [-0.05, 0) is 70.4 Å². The summed E-state index contributed by atoms with van der Waals surface area (Å²) in [6, 6.07) is 9.13. The van der Waals surface area contributed by atoms with Gasteiger partial charge in [0.25, 0.3) is 11.8 Å². The second kappa shape index (κ2) is 7.27. The minimum Gasteiger partial charge on any atom is -0.349 e. The van der Waals surface area contributed by atoms with Crippen LogP contribution in [0.4, 0.5) is 5.69 Å². The fourth-order valence-corrected chi connectivity index (χ4v) is 3.13. The van der Waals surface area contributed by atoms with Crippen LogP contribution in [-0.4, -0.2) is 22.4 Å². The van der Waals surface area contributed by atoms with Gasteiger partial charge in [-0.2, -0.15) is 0 Å². The van der Waals surface area contributed by atoms with Gasteiger partial charge in [0, 0.05) is 29.0 Å². The maximum atomic E-state index is 12.8. The van der Waals surface area contributed by atoms with Gasteiger partial charge < -0.3 is 15.2 Å². The largest absolute Gasteiger partial charge is 0.349 e. The third-order valence-electron chi connectivity index (χ3n) is 4.56. The molecule has 2 N–H and O–H groups in total. The Bertz CT molecular complexity index is 953. The van der Waals surface area contributed by atoms with Crippen LogP contribution in [0.5, 0.6) is 0 Å². The van der Waals surface area contributed by atoms with Crippen molar-refractivity contribution in [2.45, 2.75) is 52.1 Å². The van der Waals surface area contributed by atoms with Crippen molar-refractivity contribution in [1.29, 1.82) is 0 Å². The number of hydrogen-bond acceptors (Lipinski definition) is 3. The van der Waals surface area contributed by atoms with Gasteiger partial charge in [0.2, 0.25) is 0 Å². The molecule has 5 nitrogen and oxygen atoms in total. The third kappa shape index (κ3) is 4.63. The summed E-state index contributed by atoms with van der Waals surface area (Å²) >= 11 is 5.37. The zero-order valence-corrected chi connectivity index (χ0v) is 16.9. The number of rotatable bonds is 4. The summed E-state index contributed by atoms with van der Waals surface area (Å²) in [6.45, 7) is 8.02. The van der Waals surface area contributed by atoms with Gasteiger partial charge in [-0.25, -0.2) is 0 Å². The highest BCUT2D eigenvalue weighted by atomic mass is 32.1. The van der Waals surface area contributed by atoms with Gasteiger partial charge in [0.1, 0.15) is 4.64 Å². The highest BCUT2D eigenvalue weighted by Gasteiger charge is 2.24. The quantitative estimate of drug-likeness (QED) is 0.768. The molecule has 0 atom stereocenters. The topological polar surface area (TPSA) is 63.1 Å². The second-order valence-electron chi connectivity index (χ2n) is 8.03. The molecule has 1 aromatic heterocycles. The van der Waals surface area contributed by atoms with Gasteiger partial charge in [0.05, 0.1) is 5.56 Å². The van der Waals surface area contributed by atoms with Crippen molar-refractivity contribution < 1.29 is 9.59 Å². The number of carbonyl (C=O) groups excluding carboxylic acids is 2. The maximum Gasteiger partial charge on any atom is 0.257 e. The van der Waals surface area contributed by atoms with Gasteiger partial charge in [-0.3, -0.25) is 9.59 Å². The summed E-state index contributed by atoms with van der Waals surface area (Å²) in [5, 5.41) is 5.89. The van der Waals surface area contributed by atoms with Crippen molar-refractivity contribution >= 4 is 29.7 Å². The zero-order chi connectivity index (χ0) is 19.8. The molecule has 2 amide bonds. The molecule has 6 heteroatoms. The van der Waals surface area contributed by atoms with Crippen LogP contribution in [0.3, 0.4) is 0 Å². The molecule has 0 radical (unpaired) electrons. The Morgan fingerprint density at radius 1 is 1.07 bits per heavy atom. The van der Waals surface area contributed by atoms with Crippen molar-refractivity contribution in [3.05, 3.63) is 57.9 Å². The maximum absolute atomic E-state index is 12.8. The zero-order valence-electron chi connectivity index (χ0n) is 16.1. The first kappa shape index (κ1) is 19.3. The van der Waals surface area contributed by atoms with E-state index in [0.717, 1.165) is 18.4 Å². The predicted octanol–water partition coefficient (Wildman–Crippen LogP) is 4.43. The Balaban J connectivity index is 1.83. The summed E-state index contributed by atoms with van der Waals surface area (Å²) < 4.78 is 2.58. The average Bonchev–Trinajstić information content (AvgIpc) is 3.40. The van der Waals surface area contributed by atoms with Crippen molar-refractivity contribution in [1.82, 2.24) is 9.88 Å². The molecule has 1 aliphatic rings. The minimum atomic E-state index is -0.231. The standard InChI is InChI=1S/C21H25N3O2S/c1-13-5-6-14(19(25)22-16-8-9-16)11-17(13)23-20(26)15-7-10-18(27)24(12-15)21(2,3)4/h5-7,10-12,16H,8-9H2,1-4H3,(H,22,25)(H,23,26). The number of benzene rings is 1. The lowest BCUT2D eigenvalue weighted by molar-refractivity contribution is 0.0949. The van der Waals surface area contributed by atoms with E-state index in [4.69, 9.17) is 12.2 Å². The summed E-state index contributed by atoms with van der Waals surface area (Å²) in [4.78, 5) is 25.0. The number of amides is 2. The van der Waals surface area contributed by atoms with Crippen LogP contribution in [0.15, 0.2) is 36.5 Å². The number of aryl methyl sites for hydroxylation is 1. The van der Waals surface area contributed by atoms with E-state index < -0.39 is 0 Å². The lowest BCUT2D eigenvalue weighted by atomic mass is 10.1. The highest BCUT2D eigenvalue weighted by Crippen LogP contribution is 2.22. The number of hydrogen-bond donors (Lipinski definition) is 2. The molecule has 1 fully saturated rings. The van der Waals surface area contributed by atoms with E-state index in [1.165, 1.54) is 0 Å². The molecule has 0 saturated heterocycles. The molecule has 27 heavy (non-hydrogen) atoms. The van der Waals surface area contributed by atoms with E-state index in [-0.39, 0.29) is 17.4 Å². The molecule has 1 heterocycles. The third-order valence-corrected chi connectivity index (χ3v) is 4.89. The summed E-state index contributed by atoms with van der Waals surface area (Å²) in [5.74, 6) is -0.333. The van der Waals surface area contributed by atoms with Gasteiger partial charge in [-0.15, -0.1) is 0 Å². The Labute approximate surface area is 164 Å². The first-order chi connectivity index (χ1) is 12.6. The highest BCUT2D eigenvalue weighted by molar-refractivity contribution is 7.71. The van der Waals surface area contributed by atoms with Crippen LogP contribution < -0.4 is 10.6 Å². The Morgan fingerprint density at radius 3 is 2.37 bits per heavy atom. The molecular formula is C21H25N3O2S. The fourth-order valence-electron chi connectivity index (χ4n) is 2.73. The molecule has 1 saturated carbocycles. The number of anilines is 1. The molecule has 0 aliphatic heterocycles. The Hall–Kier alpha value is -2.47. The van der Waals surface area contributed by atoms with Crippen LogP contribution >= 0.6 is 12.2 Å². The van der Waals surface area contributed by atoms with Gasteiger partial charge in [-0.1, -0.05) is 18.3 Å². The number of aromatic nitrogens is 1. The van der Waals surface area contributed by atoms with Crippen LogP contribution in [0, 0.1) is 11.6 Å². The van der Waals surface area contributed by atoms with E-state index in [1.807, 2.05) is 38.3 Å². The molecule has 0 spiro atoms. The molecular weight excluding hydrogens is 358 g/mol.